The van der Waals surface area contributed by atoms with Crippen LogP contribution < -0.4 is 0 Å². The molecule has 1 N–H and O–H groups in total. The predicted octanol–water partition coefficient (Wildman–Crippen LogP) is 3.82. The molecule has 0 unspecified atom stereocenters. The third-order valence-corrected chi connectivity index (χ3v) is 2.93. The number of hydrogen-bond acceptors (Lipinski definition) is 3. The molecule has 4 nitrogen and oxygen atoms in total. The Balaban J connectivity index is 2.48. The molecule has 0 spiro atoms. The second kappa shape index (κ2) is 4.69. The first-order chi connectivity index (χ1) is 8.79. The number of carboxylic acids is 1. The number of halogens is 4. The van der Waals surface area contributed by atoms with Crippen molar-refractivity contribution >= 4 is 21.9 Å². The van der Waals surface area contributed by atoms with Crippen LogP contribution in [0.3, 0.4) is 0 Å². The molecule has 0 atom stereocenters. The molecule has 2 rings (SSSR count). The summed E-state index contributed by atoms with van der Waals surface area (Å²) in [6.07, 6.45) is -3.66. The Bertz CT molecular complexity index is 636. The summed E-state index contributed by atoms with van der Waals surface area (Å²) < 4.78 is 42.8. The number of aromatic nitrogens is 1. The molecule has 0 aliphatic rings. The van der Waals surface area contributed by atoms with E-state index >= 15 is 0 Å². The zero-order chi connectivity index (χ0) is 14.2. The number of hydrogen-bond donors (Lipinski definition) is 1. The first-order valence-corrected chi connectivity index (χ1v) is 5.64. The number of benzene rings is 1. The molecule has 19 heavy (non-hydrogen) atoms. The zero-order valence-electron chi connectivity index (χ0n) is 9.03. The lowest BCUT2D eigenvalue weighted by Gasteiger charge is -2.09. The molecule has 1 aromatic heterocycles. The molecule has 0 saturated heterocycles. The topological polar surface area (TPSA) is 63.3 Å². The van der Waals surface area contributed by atoms with Crippen molar-refractivity contribution in [2.45, 2.75) is 6.18 Å². The van der Waals surface area contributed by atoms with Gasteiger partial charge in [0.1, 0.15) is 6.26 Å². The van der Waals surface area contributed by atoms with Crippen LogP contribution in [0.5, 0.6) is 0 Å². The van der Waals surface area contributed by atoms with Crippen LogP contribution in [0.15, 0.2) is 33.4 Å². The van der Waals surface area contributed by atoms with Gasteiger partial charge in [-0.2, -0.15) is 13.2 Å². The van der Waals surface area contributed by atoms with E-state index in [4.69, 9.17) is 9.52 Å². The lowest BCUT2D eigenvalue weighted by molar-refractivity contribution is -0.138. The van der Waals surface area contributed by atoms with Gasteiger partial charge in [0.2, 0.25) is 5.89 Å². The van der Waals surface area contributed by atoms with Crippen LogP contribution in [0.2, 0.25) is 0 Å². The summed E-state index contributed by atoms with van der Waals surface area (Å²) in [4.78, 5) is 14.2. The summed E-state index contributed by atoms with van der Waals surface area (Å²) in [6, 6.07) is 3.38. The number of carboxylic acid groups (broad SMARTS) is 1. The average Bonchev–Trinajstić information content (AvgIpc) is 2.77. The molecule has 2 aromatic rings. The third kappa shape index (κ3) is 2.78. The van der Waals surface area contributed by atoms with Crippen LogP contribution in [-0.4, -0.2) is 16.1 Å². The number of aromatic carboxylic acids is 1. The summed E-state index contributed by atoms with van der Waals surface area (Å²) in [5.41, 5.74) is -1.21. The van der Waals surface area contributed by atoms with Crippen molar-refractivity contribution < 1.29 is 27.5 Å². The molecule has 8 heteroatoms. The highest BCUT2D eigenvalue weighted by atomic mass is 79.9. The van der Waals surface area contributed by atoms with Crippen molar-refractivity contribution in [3.63, 3.8) is 0 Å². The van der Waals surface area contributed by atoms with Gasteiger partial charge in [-0.15, -0.1) is 0 Å². The average molecular weight is 336 g/mol. The van der Waals surface area contributed by atoms with Gasteiger partial charge < -0.3 is 9.52 Å². The van der Waals surface area contributed by atoms with Gasteiger partial charge in [-0.3, -0.25) is 0 Å². The van der Waals surface area contributed by atoms with E-state index in [0.717, 1.165) is 12.3 Å². The maximum atomic E-state index is 12.7. The molecule has 0 bridgehead atoms. The number of nitrogens with zero attached hydrogens (tertiary/aromatic N) is 1. The van der Waals surface area contributed by atoms with Crippen molar-refractivity contribution in [2.75, 3.05) is 0 Å². The standard InChI is InChI=1S/C11H5BrF3NO3/c12-7-2-1-5(3-6(7)11(13,14)15)9-16-8(4-19-9)10(17)18/h1-4H,(H,17,18). The fourth-order valence-corrected chi connectivity index (χ4v) is 1.85. The fraction of sp³-hybridized carbons (Fsp3) is 0.0909. The fourth-order valence-electron chi connectivity index (χ4n) is 1.38. The Morgan fingerprint density at radius 1 is 1.37 bits per heavy atom. The Hall–Kier alpha value is -1.83. The minimum atomic E-state index is -4.53. The summed E-state index contributed by atoms with van der Waals surface area (Å²) in [6.45, 7) is 0. The minimum absolute atomic E-state index is 0.0445. The van der Waals surface area contributed by atoms with Crippen LogP contribution in [0.4, 0.5) is 13.2 Å². The third-order valence-electron chi connectivity index (χ3n) is 2.24. The summed E-state index contributed by atoms with van der Waals surface area (Å²) in [7, 11) is 0. The first-order valence-electron chi connectivity index (χ1n) is 4.85. The number of rotatable bonds is 2. The second-order valence-electron chi connectivity index (χ2n) is 3.54. The van der Waals surface area contributed by atoms with E-state index in [9.17, 15) is 18.0 Å². The van der Waals surface area contributed by atoms with Crippen molar-refractivity contribution in [3.05, 3.63) is 40.2 Å². The van der Waals surface area contributed by atoms with Gasteiger partial charge in [0, 0.05) is 10.0 Å². The van der Waals surface area contributed by atoms with Crippen LogP contribution in [0.25, 0.3) is 11.5 Å². The van der Waals surface area contributed by atoms with E-state index in [1.54, 1.807) is 0 Å². The molecule has 0 amide bonds. The quantitative estimate of drug-likeness (QED) is 0.906. The lowest BCUT2D eigenvalue weighted by atomic mass is 10.1. The predicted molar refractivity (Wildman–Crippen MR) is 61.6 cm³/mol. The molecule has 1 heterocycles. The Morgan fingerprint density at radius 2 is 2.05 bits per heavy atom. The van der Waals surface area contributed by atoms with Gasteiger partial charge in [0.25, 0.3) is 0 Å². The largest absolute Gasteiger partial charge is 0.476 e. The molecule has 0 aliphatic heterocycles. The van der Waals surface area contributed by atoms with Crippen molar-refractivity contribution in [3.8, 4) is 11.5 Å². The summed E-state index contributed by atoms with van der Waals surface area (Å²) in [5, 5.41) is 8.66. The van der Waals surface area contributed by atoms with Gasteiger partial charge in [-0.1, -0.05) is 15.9 Å². The Morgan fingerprint density at radius 3 is 2.58 bits per heavy atom. The van der Waals surface area contributed by atoms with Gasteiger partial charge in [0.05, 0.1) is 5.56 Å². The van der Waals surface area contributed by atoms with E-state index in [-0.39, 0.29) is 21.6 Å². The van der Waals surface area contributed by atoms with Gasteiger partial charge in [-0.05, 0) is 18.2 Å². The maximum Gasteiger partial charge on any atom is 0.417 e. The summed E-state index contributed by atoms with van der Waals surface area (Å²) >= 11 is 2.80. The molecular formula is C11H5BrF3NO3. The van der Waals surface area contributed by atoms with Crippen LogP contribution in [0.1, 0.15) is 16.1 Å². The monoisotopic (exact) mass is 335 g/mol. The Kier molecular flexibility index (Phi) is 3.36. The number of oxazole rings is 1. The first kappa shape index (κ1) is 13.6. The lowest BCUT2D eigenvalue weighted by Crippen LogP contribution is -2.06. The van der Waals surface area contributed by atoms with Crippen LogP contribution in [0, 0.1) is 0 Å². The maximum absolute atomic E-state index is 12.7. The van der Waals surface area contributed by atoms with Crippen molar-refractivity contribution in [2.24, 2.45) is 0 Å². The molecule has 0 aliphatic carbocycles. The molecule has 0 fully saturated rings. The van der Waals surface area contributed by atoms with E-state index in [1.807, 2.05) is 0 Å². The number of alkyl halides is 3. The van der Waals surface area contributed by atoms with Gasteiger partial charge in [-0.25, -0.2) is 9.78 Å². The molecule has 1 aromatic carbocycles. The van der Waals surface area contributed by atoms with Crippen LogP contribution >= 0.6 is 15.9 Å². The van der Waals surface area contributed by atoms with Crippen molar-refractivity contribution in [1.29, 1.82) is 0 Å². The normalized spacial score (nSPS) is 11.6. The Labute approximate surface area is 113 Å². The van der Waals surface area contributed by atoms with Gasteiger partial charge in [0.15, 0.2) is 5.69 Å². The highest BCUT2D eigenvalue weighted by Crippen LogP contribution is 2.37. The zero-order valence-corrected chi connectivity index (χ0v) is 10.6. The van der Waals surface area contributed by atoms with E-state index in [1.165, 1.54) is 12.1 Å². The molecule has 100 valence electrons. The van der Waals surface area contributed by atoms with E-state index < -0.39 is 17.7 Å². The van der Waals surface area contributed by atoms with Crippen LogP contribution in [-0.2, 0) is 6.18 Å². The minimum Gasteiger partial charge on any atom is -0.476 e. The van der Waals surface area contributed by atoms with Gasteiger partial charge >= 0.3 is 12.1 Å². The summed E-state index contributed by atoms with van der Waals surface area (Å²) in [5.74, 6) is -1.50. The smallest absolute Gasteiger partial charge is 0.417 e. The molecule has 0 saturated carbocycles. The second-order valence-corrected chi connectivity index (χ2v) is 4.39. The SMILES string of the molecule is O=C(O)c1coc(-c2ccc(Br)c(C(F)(F)F)c2)n1. The molecular weight excluding hydrogens is 331 g/mol. The van der Waals surface area contributed by atoms with E-state index in [2.05, 4.69) is 20.9 Å². The molecule has 0 radical (unpaired) electrons. The van der Waals surface area contributed by atoms with E-state index in [0.29, 0.717) is 0 Å². The highest BCUT2D eigenvalue weighted by Gasteiger charge is 2.33. The number of carbonyl (C=O) groups is 1. The van der Waals surface area contributed by atoms with Crippen molar-refractivity contribution in [1.82, 2.24) is 4.98 Å². The highest BCUT2D eigenvalue weighted by molar-refractivity contribution is 9.10.